The highest BCUT2D eigenvalue weighted by Gasteiger charge is 2.26. The summed E-state index contributed by atoms with van der Waals surface area (Å²) in [5.74, 6) is 0.449. The van der Waals surface area contributed by atoms with E-state index in [-0.39, 0.29) is 28.9 Å². The number of carbonyl (C=O) groups excluding carboxylic acids is 1. The number of anilines is 2. The number of carbonyl (C=O) groups is 1. The Bertz CT molecular complexity index is 900. The van der Waals surface area contributed by atoms with E-state index in [1.807, 2.05) is 12.3 Å². The molecule has 1 aliphatic heterocycles. The van der Waals surface area contributed by atoms with E-state index >= 15 is 0 Å². The number of rotatable bonds is 6. The number of nitrogens with zero attached hydrogens (tertiary/aromatic N) is 5. The zero-order chi connectivity index (χ0) is 20.4. The molecule has 1 saturated heterocycles. The number of hydrogen-bond donors (Lipinski definition) is 2. The van der Waals surface area contributed by atoms with Crippen LogP contribution in [0.4, 0.5) is 11.5 Å². The molecule has 0 radical (unpaired) electrons. The number of likely N-dealkylation sites (N-methyl/N-ethyl adjacent to an activating group) is 1. The molecule has 0 aromatic carbocycles. The second-order valence-corrected chi connectivity index (χ2v) is 8.24. The molecule has 2 aromatic heterocycles. The van der Waals surface area contributed by atoms with Gasteiger partial charge in [0.2, 0.25) is 11.8 Å². The second kappa shape index (κ2) is 8.42. The van der Waals surface area contributed by atoms with Crippen molar-refractivity contribution < 1.29 is 14.6 Å². The van der Waals surface area contributed by atoms with Crippen LogP contribution in [0, 0.1) is 0 Å². The second-order valence-electron chi connectivity index (χ2n) is 7.28. The Hall–Kier alpha value is -2.59. The average Bonchev–Trinajstić information content (AvgIpc) is 3.47. The van der Waals surface area contributed by atoms with E-state index < -0.39 is 0 Å². The highest BCUT2D eigenvalue weighted by Crippen LogP contribution is 2.38. The molecule has 0 atom stereocenters. The third-order valence-electron chi connectivity index (χ3n) is 4.67. The highest BCUT2D eigenvalue weighted by atomic mass is 32.2. The van der Waals surface area contributed by atoms with Crippen LogP contribution in [0.1, 0.15) is 19.8 Å². The summed E-state index contributed by atoms with van der Waals surface area (Å²) in [7, 11) is 2.13. The van der Waals surface area contributed by atoms with Crippen molar-refractivity contribution >= 4 is 29.2 Å². The van der Waals surface area contributed by atoms with Crippen LogP contribution in [0.2, 0.25) is 0 Å². The summed E-state index contributed by atoms with van der Waals surface area (Å²) in [6, 6.07) is 3.33. The van der Waals surface area contributed by atoms with Gasteiger partial charge in [0.1, 0.15) is 10.8 Å². The Morgan fingerprint density at radius 1 is 1.24 bits per heavy atom. The van der Waals surface area contributed by atoms with Crippen molar-refractivity contribution in [2.24, 2.45) is 0 Å². The minimum absolute atomic E-state index is 0.218. The number of aromatic hydroxyl groups is 1. The molecule has 1 amide bonds. The Morgan fingerprint density at radius 3 is 2.69 bits per heavy atom. The molecule has 29 heavy (non-hydrogen) atoms. The summed E-state index contributed by atoms with van der Waals surface area (Å²) in [5, 5.41) is 13.3. The molecule has 2 fully saturated rings. The van der Waals surface area contributed by atoms with Crippen LogP contribution in [0.5, 0.6) is 11.6 Å². The van der Waals surface area contributed by atoms with E-state index in [9.17, 15) is 9.90 Å². The monoisotopic (exact) mass is 416 g/mol. The number of hydrogen-bond acceptors (Lipinski definition) is 9. The molecule has 2 N–H and O–H groups in total. The third kappa shape index (κ3) is 5.27. The summed E-state index contributed by atoms with van der Waals surface area (Å²) in [6.07, 6.45) is 4.14. The van der Waals surface area contributed by atoms with Crippen LogP contribution in [0.25, 0.3) is 0 Å². The van der Waals surface area contributed by atoms with Crippen molar-refractivity contribution in [2.45, 2.75) is 36.1 Å². The normalized spacial score (nSPS) is 17.2. The van der Waals surface area contributed by atoms with Gasteiger partial charge in [-0.1, -0.05) is 0 Å². The Labute approximate surface area is 173 Å². The maximum absolute atomic E-state index is 11.3. The Kier molecular flexibility index (Phi) is 5.72. The lowest BCUT2D eigenvalue weighted by molar-refractivity contribution is -0.114. The highest BCUT2D eigenvalue weighted by molar-refractivity contribution is 7.99. The first kappa shape index (κ1) is 19.7. The van der Waals surface area contributed by atoms with Gasteiger partial charge < -0.3 is 25.0 Å². The number of nitrogens with one attached hydrogen (secondary N) is 1. The van der Waals surface area contributed by atoms with Crippen LogP contribution in [0.15, 0.2) is 28.5 Å². The van der Waals surface area contributed by atoms with Crippen molar-refractivity contribution in [1.29, 1.82) is 0 Å². The Balaban J connectivity index is 1.58. The van der Waals surface area contributed by atoms with Crippen LogP contribution in [-0.2, 0) is 4.79 Å². The van der Waals surface area contributed by atoms with Gasteiger partial charge in [0.15, 0.2) is 10.9 Å². The smallest absolute Gasteiger partial charge is 0.222 e. The van der Waals surface area contributed by atoms with Crippen LogP contribution < -0.4 is 15.0 Å². The number of aromatic nitrogens is 3. The summed E-state index contributed by atoms with van der Waals surface area (Å²) in [5.41, 5.74) is 1.04. The molecule has 2 aromatic rings. The van der Waals surface area contributed by atoms with Crippen molar-refractivity contribution in [3.05, 3.63) is 18.3 Å². The van der Waals surface area contributed by atoms with E-state index in [0.717, 1.165) is 44.7 Å². The zero-order valence-electron chi connectivity index (χ0n) is 16.5. The summed E-state index contributed by atoms with van der Waals surface area (Å²) in [6.45, 7) is 5.30. The predicted molar refractivity (Wildman–Crippen MR) is 110 cm³/mol. The number of piperazine rings is 1. The summed E-state index contributed by atoms with van der Waals surface area (Å²) >= 11 is 1.20. The van der Waals surface area contributed by atoms with E-state index in [4.69, 9.17) is 4.74 Å². The van der Waals surface area contributed by atoms with Crippen molar-refractivity contribution in [3.8, 4) is 11.6 Å². The fourth-order valence-electron chi connectivity index (χ4n) is 2.98. The lowest BCUT2D eigenvalue weighted by Gasteiger charge is -2.34. The van der Waals surface area contributed by atoms with E-state index in [1.54, 1.807) is 0 Å². The molecule has 1 saturated carbocycles. The maximum Gasteiger partial charge on any atom is 0.222 e. The van der Waals surface area contributed by atoms with E-state index in [0.29, 0.717) is 10.8 Å². The fourth-order valence-corrected chi connectivity index (χ4v) is 3.74. The van der Waals surface area contributed by atoms with Crippen LogP contribution in [0.3, 0.4) is 0 Å². The molecule has 0 bridgehead atoms. The molecule has 0 unspecified atom stereocenters. The third-order valence-corrected chi connectivity index (χ3v) is 5.54. The first-order chi connectivity index (χ1) is 14.0. The first-order valence-electron chi connectivity index (χ1n) is 9.60. The Morgan fingerprint density at radius 2 is 2.00 bits per heavy atom. The van der Waals surface area contributed by atoms with Crippen molar-refractivity contribution in [3.63, 3.8) is 0 Å². The van der Waals surface area contributed by atoms with Gasteiger partial charge in [0, 0.05) is 45.2 Å². The summed E-state index contributed by atoms with van der Waals surface area (Å²) < 4.78 is 6.10. The van der Waals surface area contributed by atoms with Gasteiger partial charge in [-0.2, -0.15) is 4.98 Å². The van der Waals surface area contributed by atoms with E-state index in [1.165, 1.54) is 24.8 Å². The molecule has 10 heteroatoms. The van der Waals surface area contributed by atoms with Gasteiger partial charge >= 0.3 is 0 Å². The maximum atomic E-state index is 11.3. The van der Waals surface area contributed by atoms with Gasteiger partial charge in [0.05, 0.1) is 18.0 Å². The van der Waals surface area contributed by atoms with Crippen LogP contribution >= 0.6 is 11.8 Å². The van der Waals surface area contributed by atoms with Crippen molar-refractivity contribution in [1.82, 2.24) is 19.9 Å². The van der Waals surface area contributed by atoms with Gasteiger partial charge in [-0.05, 0) is 31.7 Å². The minimum atomic E-state index is -0.272. The van der Waals surface area contributed by atoms with Crippen LogP contribution in [-0.4, -0.2) is 70.2 Å². The zero-order valence-corrected chi connectivity index (χ0v) is 17.3. The molecular formula is C19H24N6O3S. The molecule has 4 rings (SSSR count). The molecular weight excluding hydrogens is 392 g/mol. The topological polar surface area (TPSA) is 104 Å². The quantitative estimate of drug-likeness (QED) is 0.684. The largest absolute Gasteiger partial charge is 0.493 e. The number of amides is 1. The molecule has 154 valence electrons. The molecule has 9 nitrogen and oxygen atoms in total. The van der Waals surface area contributed by atoms with E-state index in [2.05, 4.69) is 37.1 Å². The first-order valence-corrected chi connectivity index (χ1v) is 10.4. The SMILES string of the molecule is CC(=O)Nc1cc(O)nc(Sc2ncc(N3CCN(C)CC3)cc2OC2CC2)n1. The van der Waals surface area contributed by atoms with Gasteiger partial charge in [-0.25, -0.2) is 9.97 Å². The lowest BCUT2D eigenvalue weighted by Crippen LogP contribution is -2.44. The molecule has 3 heterocycles. The molecule has 0 spiro atoms. The van der Waals surface area contributed by atoms with Gasteiger partial charge in [-0.15, -0.1) is 0 Å². The average molecular weight is 417 g/mol. The minimum Gasteiger partial charge on any atom is -0.493 e. The van der Waals surface area contributed by atoms with Gasteiger partial charge in [0.25, 0.3) is 0 Å². The number of pyridine rings is 1. The predicted octanol–water partition coefficient (Wildman–Crippen LogP) is 1.98. The standard InChI is InChI=1S/C19H24N6O3S/c1-12(26)21-16-10-17(27)23-19(22-16)29-18-15(28-14-3-4-14)9-13(11-20-18)25-7-5-24(2)6-8-25/h9-11,14H,3-8H2,1-2H3,(H2,21,22,23,26,27). The lowest BCUT2D eigenvalue weighted by atomic mass is 10.3. The fraction of sp³-hybridized carbons (Fsp3) is 0.474. The number of ether oxygens (including phenoxy) is 1. The molecule has 1 aliphatic carbocycles. The van der Waals surface area contributed by atoms with Crippen molar-refractivity contribution in [2.75, 3.05) is 43.4 Å². The molecule has 2 aliphatic rings. The van der Waals surface area contributed by atoms with Gasteiger partial charge in [-0.3, -0.25) is 4.79 Å². The summed E-state index contributed by atoms with van der Waals surface area (Å²) in [4.78, 5) is 28.8.